The van der Waals surface area contributed by atoms with Gasteiger partial charge >= 0.3 is 5.97 Å². The van der Waals surface area contributed by atoms with Gasteiger partial charge in [-0.1, -0.05) is 6.92 Å². The van der Waals surface area contributed by atoms with Crippen molar-refractivity contribution in [2.24, 2.45) is 11.8 Å². The Labute approximate surface area is 109 Å². The molecule has 1 N–H and O–H groups in total. The van der Waals surface area contributed by atoms with Gasteiger partial charge < -0.3 is 5.11 Å². The first-order valence-corrected chi connectivity index (χ1v) is 6.87. The highest BCUT2D eigenvalue weighted by Gasteiger charge is 2.34. The Morgan fingerprint density at radius 2 is 2.44 bits per heavy atom. The lowest BCUT2D eigenvalue weighted by Gasteiger charge is -2.12. The number of rotatable bonds is 3. The third kappa shape index (κ3) is 2.02. The maximum atomic E-state index is 11.1. The molecule has 6 heteroatoms. The number of aromatic nitrogens is 2. The van der Waals surface area contributed by atoms with Crippen LogP contribution < -0.4 is 0 Å². The van der Waals surface area contributed by atoms with Crippen LogP contribution in [0.2, 0.25) is 0 Å². The molecule has 1 aliphatic rings. The van der Waals surface area contributed by atoms with Crippen LogP contribution in [-0.4, -0.2) is 38.4 Å². The lowest BCUT2D eigenvalue weighted by atomic mass is 9.99. The molecule has 96 valence electrons. The minimum atomic E-state index is -0.684. The molecule has 0 bridgehead atoms. The average molecular weight is 265 g/mol. The summed E-state index contributed by atoms with van der Waals surface area (Å²) in [5, 5.41) is 11.1. The van der Waals surface area contributed by atoms with Crippen molar-refractivity contribution < 1.29 is 9.90 Å². The summed E-state index contributed by atoms with van der Waals surface area (Å²) in [6, 6.07) is 0. The molecule has 2 aromatic rings. The zero-order valence-corrected chi connectivity index (χ0v) is 10.9. The second kappa shape index (κ2) is 4.37. The van der Waals surface area contributed by atoms with Crippen LogP contribution in [0.1, 0.15) is 12.6 Å². The number of carbonyl (C=O) groups is 1. The van der Waals surface area contributed by atoms with Crippen LogP contribution in [0.4, 0.5) is 0 Å². The maximum absolute atomic E-state index is 11.1. The van der Waals surface area contributed by atoms with Gasteiger partial charge in [-0.2, -0.15) is 0 Å². The van der Waals surface area contributed by atoms with Crippen molar-refractivity contribution in [3.63, 3.8) is 0 Å². The van der Waals surface area contributed by atoms with Gasteiger partial charge in [-0.25, -0.2) is 4.98 Å². The highest BCUT2D eigenvalue weighted by atomic mass is 32.1. The Balaban J connectivity index is 1.70. The van der Waals surface area contributed by atoms with Gasteiger partial charge in [-0.05, 0) is 5.92 Å². The van der Waals surface area contributed by atoms with Crippen molar-refractivity contribution in [3.8, 4) is 0 Å². The van der Waals surface area contributed by atoms with E-state index in [1.54, 1.807) is 11.3 Å². The van der Waals surface area contributed by atoms with E-state index < -0.39 is 5.97 Å². The highest BCUT2D eigenvalue weighted by Crippen LogP contribution is 2.24. The maximum Gasteiger partial charge on any atom is 0.308 e. The molecule has 0 unspecified atom stereocenters. The summed E-state index contributed by atoms with van der Waals surface area (Å²) in [5.74, 6) is -0.712. The van der Waals surface area contributed by atoms with Gasteiger partial charge in [-0.15, -0.1) is 11.3 Å². The number of likely N-dealkylation sites (tertiary alicyclic amines) is 1. The summed E-state index contributed by atoms with van der Waals surface area (Å²) in [6.45, 7) is 4.21. The van der Waals surface area contributed by atoms with Gasteiger partial charge in [0.2, 0.25) is 0 Å². The van der Waals surface area contributed by atoms with E-state index in [0.717, 1.165) is 23.7 Å². The second-order valence-corrected chi connectivity index (χ2v) is 5.81. The molecule has 2 aromatic heterocycles. The van der Waals surface area contributed by atoms with E-state index in [4.69, 9.17) is 5.11 Å². The Morgan fingerprint density at radius 3 is 3.11 bits per heavy atom. The number of carboxylic acids is 1. The molecule has 2 atom stereocenters. The van der Waals surface area contributed by atoms with Crippen molar-refractivity contribution in [1.29, 1.82) is 0 Å². The summed E-state index contributed by atoms with van der Waals surface area (Å²) < 4.78 is 2.01. The number of aliphatic carboxylic acids is 1. The molecule has 5 nitrogen and oxygen atoms in total. The van der Waals surface area contributed by atoms with E-state index >= 15 is 0 Å². The largest absolute Gasteiger partial charge is 0.481 e. The van der Waals surface area contributed by atoms with E-state index in [-0.39, 0.29) is 11.8 Å². The summed E-state index contributed by atoms with van der Waals surface area (Å²) in [5.41, 5.74) is 1.01. The molecule has 0 radical (unpaired) electrons. The van der Waals surface area contributed by atoms with Gasteiger partial charge in [-0.3, -0.25) is 14.1 Å². The average Bonchev–Trinajstić information content (AvgIpc) is 2.92. The number of thiazole rings is 1. The smallest absolute Gasteiger partial charge is 0.308 e. The predicted octanol–water partition coefficient (Wildman–Crippen LogP) is 1.55. The van der Waals surface area contributed by atoms with Crippen LogP contribution in [0.15, 0.2) is 17.8 Å². The van der Waals surface area contributed by atoms with Crippen LogP contribution >= 0.6 is 11.3 Å². The van der Waals surface area contributed by atoms with Gasteiger partial charge in [0, 0.05) is 37.4 Å². The van der Waals surface area contributed by atoms with Gasteiger partial charge in [0.15, 0.2) is 4.96 Å². The lowest BCUT2D eigenvalue weighted by molar-refractivity contribution is -0.142. The molecule has 3 rings (SSSR count). The van der Waals surface area contributed by atoms with Crippen LogP contribution in [0.5, 0.6) is 0 Å². The van der Waals surface area contributed by atoms with Crippen LogP contribution in [-0.2, 0) is 11.3 Å². The fraction of sp³-hybridized carbons (Fsp3) is 0.500. The minimum Gasteiger partial charge on any atom is -0.481 e. The number of nitrogens with zero attached hydrogens (tertiary/aromatic N) is 3. The van der Waals surface area contributed by atoms with E-state index in [1.165, 1.54) is 0 Å². The number of carboxylic acid groups (broad SMARTS) is 1. The molecule has 0 aromatic carbocycles. The van der Waals surface area contributed by atoms with Crippen molar-refractivity contribution in [1.82, 2.24) is 14.3 Å². The molecule has 0 saturated carbocycles. The van der Waals surface area contributed by atoms with E-state index in [0.29, 0.717) is 6.54 Å². The molecular formula is C12H15N3O2S. The molecule has 1 fully saturated rings. The summed E-state index contributed by atoms with van der Waals surface area (Å²) in [6.07, 6.45) is 4.01. The number of fused-ring (bicyclic) bond motifs is 1. The van der Waals surface area contributed by atoms with Crippen molar-refractivity contribution in [3.05, 3.63) is 23.5 Å². The summed E-state index contributed by atoms with van der Waals surface area (Å²) >= 11 is 1.61. The standard InChI is InChI=1S/C12H15N3O2S/c1-8-4-14(7-10(8)11(16)17)5-9-6-15-2-3-18-12(15)13-9/h2-3,6,8,10H,4-5,7H2,1H3,(H,16,17)/t8-,10-/m1/s1. The number of hydrogen-bond donors (Lipinski definition) is 1. The van der Waals surface area contributed by atoms with E-state index in [9.17, 15) is 4.79 Å². The Bertz CT molecular complexity index is 548. The number of hydrogen-bond acceptors (Lipinski definition) is 4. The topological polar surface area (TPSA) is 57.8 Å². The Morgan fingerprint density at radius 1 is 1.61 bits per heavy atom. The lowest BCUT2D eigenvalue weighted by Crippen LogP contribution is -2.23. The normalized spacial score (nSPS) is 24.9. The van der Waals surface area contributed by atoms with Gasteiger partial charge in [0.05, 0.1) is 11.6 Å². The van der Waals surface area contributed by atoms with Crippen molar-refractivity contribution in [2.75, 3.05) is 13.1 Å². The van der Waals surface area contributed by atoms with Crippen molar-refractivity contribution in [2.45, 2.75) is 13.5 Å². The summed E-state index contributed by atoms with van der Waals surface area (Å²) in [7, 11) is 0. The molecular weight excluding hydrogens is 250 g/mol. The first-order valence-electron chi connectivity index (χ1n) is 5.99. The SMILES string of the molecule is C[C@@H]1CN(Cc2cn3ccsc3n2)C[C@H]1C(=O)O. The summed E-state index contributed by atoms with van der Waals surface area (Å²) in [4.78, 5) is 18.8. The third-order valence-electron chi connectivity index (χ3n) is 3.53. The van der Waals surface area contributed by atoms with Crippen molar-refractivity contribution >= 4 is 22.3 Å². The molecule has 3 heterocycles. The second-order valence-electron chi connectivity index (χ2n) is 4.94. The van der Waals surface area contributed by atoms with Gasteiger partial charge in [0.25, 0.3) is 0 Å². The van der Waals surface area contributed by atoms with Crippen LogP contribution in [0.25, 0.3) is 4.96 Å². The third-order valence-corrected chi connectivity index (χ3v) is 4.30. The van der Waals surface area contributed by atoms with E-state index in [1.807, 2.05) is 29.1 Å². The van der Waals surface area contributed by atoms with Crippen LogP contribution in [0.3, 0.4) is 0 Å². The zero-order valence-electron chi connectivity index (χ0n) is 10.1. The number of imidazole rings is 1. The van der Waals surface area contributed by atoms with E-state index in [2.05, 4.69) is 9.88 Å². The highest BCUT2D eigenvalue weighted by molar-refractivity contribution is 7.15. The molecule has 1 aliphatic heterocycles. The first-order chi connectivity index (χ1) is 8.63. The predicted molar refractivity (Wildman–Crippen MR) is 68.6 cm³/mol. The molecule has 18 heavy (non-hydrogen) atoms. The molecule has 1 saturated heterocycles. The molecule has 0 aliphatic carbocycles. The Kier molecular flexibility index (Phi) is 2.83. The minimum absolute atomic E-state index is 0.214. The fourth-order valence-corrected chi connectivity index (χ4v) is 3.32. The molecule has 0 amide bonds. The van der Waals surface area contributed by atoms with Crippen LogP contribution in [0, 0.1) is 11.8 Å². The Hall–Kier alpha value is -1.40. The zero-order chi connectivity index (χ0) is 12.7. The molecule has 0 spiro atoms. The van der Waals surface area contributed by atoms with Gasteiger partial charge in [0.1, 0.15) is 0 Å². The quantitative estimate of drug-likeness (QED) is 0.914. The monoisotopic (exact) mass is 265 g/mol. The first kappa shape index (κ1) is 11.7. The fourth-order valence-electron chi connectivity index (χ4n) is 2.60.